The van der Waals surface area contributed by atoms with Crippen LogP contribution < -0.4 is 0 Å². The maximum absolute atomic E-state index is 5.33. The highest BCUT2D eigenvalue weighted by atomic mass is 16.5. The zero-order chi connectivity index (χ0) is 7.56. The molecule has 1 heterocycles. The van der Waals surface area contributed by atoms with Crippen LogP contribution in [0.25, 0.3) is 0 Å². The van der Waals surface area contributed by atoms with Crippen LogP contribution in [0.4, 0.5) is 0 Å². The molecule has 0 spiro atoms. The van der Waals surface area contributed by atoms with Gasteiger partial charge in [-0.3, -0.25) is 4.90 Å². The molecule has 0 aromatic carbocycles. The number of hydrogen-bond donors (Lipinski definition) is 0. The fraction of sp³-hybridized carbons (Fsp3) is 0.750. The lowest BCUT2D eigenvalue weighted by molar-refractivity contribution is -0.0246. The van der Waals surface area contributed by atoms with Crippen molar-refractivity contribution in [2.75, 3.05) is 20.2 Å². The van der Waals surface area contributed by atoms with Gasteiger partial charge in [-0.15, -0.1) is 6.42 Å². The molecule has 1 saturated heterocycles. The molecule has 0 radical (unpaired) electrons. The summed E-state index contributed by atoms with van der Waals surface area (Å²) in [6, 6.07) is 0.360. The van der Waals surface area contributed by atoms with Crippen LogP contribution in [0.15, 0.2) is 0 Å². The summed E-state index contributed by atoms with van der Waals surface area (Å²) in [5, 5.41) is 0. The Morgan fingerprint density at radius 1 is 1.70 bits per heavy atom. The monoisotopic (exact) mass is 139 g/mol. The van der Waals surface area contributed by atoms with E-state index < -0.39 is 0 Å². The number of ether oxygens (including phenoxy) is 1. The first kappa shape index (κ1) is 7.59. The van der Waals surface area contributed by atoms with Gasteiger partial charge in [0, 0.05) is 12.6 Å². The third kappa shape index (κ3) is 1.31. The van der Waals surface area contributed by atoms with Crippen molar-refractivity contribution < 1.29 is 4.74 Å². The number of nitrogens with zero attached hydrogens (tertiary/aromatic N) is 1. The van der Waals surface area contributed by atoms with E-state index in [4.69, 9.17) is 11.2 Å². The summed E-state index contributed by atoms with van der Waals surface area (Å²) in [5.74, 6) is 2.62. The number of likely N-dealkylation sites (N-methyl/N-ethyl adjacent to an activating group) is 1. The topological polar surface area (TPSA) is 12.5 Å². The smallest absolute Gasteiger partial charge is 0.133 e. The molecule has 0 amide bonds. The zero-order valence-electron chi connectivity index (χ0n) is 6.50. The molecule has 56 valence electrons. The minimum Gasteiger partial charge on any atom is -0.363 e. The van der Waals surface area contributed by atoms with Crippen LogP contribution in [0.2, 0.25) is 0 Å². The van der Waals surface area contributed by atoms with Crippen LogP contribution in [0, 0.1) is 12.3 Å². The van der Waals surface area contributed by atoms with Gasteiger partial charge in [-0.05, 0) is 14.0 Å². The SMILES string of the molecule is C#CC1OCCN(C)C1C. The van der Waals surface area contributed by atoms with Gasteiger partial charge < -0.3 is 4.74 Å². The van der Waals surface area contributed by atoms with E-state index in [0.29, 0.717) is 6.04 Å². The predicted molar refractivity (Wildman–Crippen MR) is 40.7 cm³/mol. The molecule has 10 heavy (non-hydrogen) atoms. The maximum atomic E-state index is 5.33. The van der Waals surface area contributed by atoms with E-state index in [2.05, 4.69) is 24.8 Å². The molecule has 2 heteroatoms. The predicted octanol–water partition coefficient (Wildman–Crippen LogP) is 0.339. The van der Waals surface area contributed by atoms with Crippen molar-refractivity contribution in [3.8, 4) is 12.3 Å². The Kier molecular flexibility index (Phi) is 2.31. The lowest BCUT2D eigenvalue weighted by Gasteiger charge is -2.33. The highest BCUT2D eigenvalue weighted by molar-refractivity contribution is 5.01. The standard InChI is InChI=1S/C8H13NO/c1-4-8-7(2)9(3)5-6-10-8/h1,7-8H,5-6H2,2-3H3. The normalized spacial score (nSPS) is 35.3. The van der Waals surface area contributed by atoms with Gasteiger partial charge in [0.05, 0.1) is 6.61 Å². The summed E-state index contributed by atoms with van der Waals surface area (Å²) in [7, 11) is 2.07. The van der Waals surface area contributed by atoms with Crippen molar-refractivity contribution in [3.05, 3.63) is 0 Å². The van der Waals surface area contributed by atoms with Crippen LogP contribution in [-0.2, 0) is 4.74 Å². The highest BCUT2D eigenvalue weighted by Gasteiger charge is 2.23. The Morgan fingerprint density at radius 3 is 2.90 bits per heavy atom. The zero-order valence-corrected chi connectivity index (χ0v) is 6.50. The van der Waals surface area contributed by atoms with Crippen molar-refractivity contribution in [2.45, 2.75) is 19.1 Å². The van der Waals surface area contributed by atoms with E-state index >= 15 is 0 Å². The van der Waals surface area contributed by atoms with Gasteiger partial charge >= 0.3 is 0 Å². The van der Waals surface area contributed by atoms with E-state index in [1.807, 2.05) is 0 Å². The van der Waals surface area contributed by atoms with E-state index in [-0.39, 0.29) is 6.10 Å². The Morgan fingerprint density at radius 2 is 2.40 bits per heavy atom. The Bertz CT molecular complexity index is 150. The van der Waals surface area contributed by atoms with Crippen molar-refractivity contribution in [2.24, 2.45) is 0 Å². The molecule has 0 aliphatic carbocycles. The van der Waals surface area contributed by atoms with Crippen LogP contribution in [-0.4, -0.2) is 37.2 Å². The van der Waals surface area contributed by atoms with E-state index in [9.17, 15) is 0 Å². The quantitative estimate of drug-likeness (QED) is 0.449. The van der Waals surface area contributed by atoms with Gasteiger partial charge in [0.15, 0.2) is 0 Å². The van der Waals surface area contributed by atoms with E-state index in [1.54, 1.807) is 0 Å². The van der Waals surface area contributed by atoms with Crippen molar-refractivity contribution in [1.29, 1.82) is 0 Å². The van der Waals surface area contributed by atoms with Crippen LogP contribution >= 0.6 is 0 Å². The van der Waals surface area contributed by atoms with Crippen molar-refractivity contribution in [1.82, 2.24) is 4.90 Å². The minimum atomic E-state index is -0.0150. The molecule has 0 N–H and O–H groups in total. The molecule has 2 unspecified atom stereocenters. The summed E-state index contributed by atoms with van der Waals surface area (Å²) in [4.78, 5) is 2.22. The number of morpholine rings is 1. The fourth-order valence-corrected chi connectivity index (χ4v) is 1.09. The van der Waals surface area contributed by atoms with Crippen molar-refractivity contribution >= 4 is 0 Å². The first-order valence-electron chi connectivity index (χ1n) is 3.53. The second kappa shape index (κ2) is 3.05. The Balaban J connectivity index is 2.53. The molecule has 1 aliphatic rings. The average molecular weight is 139 g/mol. The summed E-state index contributed by atoms with van der Waals surface area (Å²) in [6.45, 7) is 3.83. The fourth-order valence-electron chi connectivity index (χ4n) is 1.09. The van der Waals surface area contributed by atoms with Gasteiger partial charge in [-0.2, -0.15) is 0 Å². The largest absolute Gasteiger partial charge is 0.363 e. The summed E-state index contributed by atoms with van der Waals surface area (Å²) in [6.07, 6.45) is 5.24. The maximum Gasteiger partial charge on any atom is 0.133 e. The second-order valence-electron chi connectivity index (χ2n) is 2.68. The molecule has 0 saturated carbocycles. The van der Waals surface area contributed by atoms with Gasteiger partial charge in [-0.25, -0.2) is 0 Å². The molecule has 0 aromatic rings. The van der Waals surface area contributed by atoms with E-state index in [1.165, 1.54) is 0 Å². The molecule has 1 rings (SSSR count). The molecule has 1 fully saturated rings. The van der Waals surface area contributed by atoms with Gasteiger partial charge in [0.25, 0.3) is 0 Å². The van der Waals surface area contributed by atoms with Gasteiger partial charge in [-0.1, -0.05) is 5.92 Å². The minimum absolute atomic E-state index is 0.0150. The summed E-state index contributed by atoms with van der Waals surface area (Å²) < 4.78 is 5.33. The molecule has 1 aliphatic heterocycles. The third-order valence-electron chi connectivity index (χ3n) is 2.04. The molecular weight excluding hydrogens is 126 g/mol. The first-order valence-corrected chi connectivity index (χ1v) is 3.53. The van der Waals surface area contributed by atoms with E-state index in [0.717, 1.165) is 13.2 Å². The highest BCUT2D eigenvalue weighted by Crippen LogP contribution is 2.09. The van der Waals surface area contributed by atoms with Gasteiger partial charge in [0.1, 0.15) is 6.10 Å². The molecule has 2 nitrogen and oxygen atoms in total. The molecular formula is C8H13NO. The van der Waals surface area contributed by atoms with Crippen molar-refractivity contribution in [3.63, 3.8) is 0 Å². The van der Waals surface area contributed by atoms with Crippen LogP contribution in [0.3, 0.4) is 0 Å². The van der Waals surface area contributed by atoms with Gasteiger partial charge in [0.2, 0.25) is 0 Å². The third-order valence-corrected chi connectivity index (χ3v) is 2.04. The number of rotatable bonds is 0. The van der Waals surface area contributed by atoms with Crippen LogP contribution in [0.1, 0.15) is 6.92 Å². The number of terminal acetylenes is 1. The average Bonchev–Trinajstić information content (AvgIpc) is 1.95. The second-order valence-corrected chi connectivity index (χ2v) is 2.68. The Labute approximate surface area is 62.2 Å². The number of hydrogen-bond acceptors (Lipinski definition) is 2. The molecule has 0 bridgehead atoms. The molecule has 2 atom stereocenters. The molecule has 0 aromatic heterocycles. The summed E-state index contributed by atoms with van der Waals surface area (Å²) >= 11 is 0. The lowest BCUT2D eigenvalue weighted by atomic mass is 10.1. The Hall–Kier alpha value is -0.520. The summed E-state index contributed by atoms with van der Waals surface area (Å²) in [5.41, 5.74) is 0. The van der Waals surface area contributed by atoms with Crippen LogP contribution in [0.5, 0.6) is 0 Å². The lowest BCUT2D eigenvalue weighted by Crippen LogP contribution is -2.46. The first-order chi connectivity index (χ1) is 4.75.